The molecular weight excluding hydrogens is 235 g/mol. The Morgan fingerprint density at radius 1 is 1.50 bits per heavy atom. The first-order valence-electron chi connectivity index (χ1n) is 5.80. The van der Waals surface area contributed by atoms with Crippen LogP contribution in [-0.2, 0) is 9.31 Å². The molecule has 1 saturated heterocycles. The van der Waals surface area contributed by atoms with Crippen molar-refractivity contribution in [2.24, 2.45) is 5.41 Å². The maximum atomic E-state index is 10.7. The number of carboxylic acid groups (broad SMARTS) is 1. The zero-order valence-electron chi connectivity index (χ0n) is 11.0. The lowest BCUT2D eigenvalue weighted by molar-refractivity contribution is -0.0937. The largest absolute Gasteiger partial charge is 0.497 e. The lowest BCUT2D eigenvalue weighted by Gasteiger charge is -2.47. The van der Waals surface area contributed by atoms with Gasteiger partial charge in [-0.3, -0.25) is 0 Å². The van der Waals surface area contributed by atoms with Gasteiger partial charge < -0.3 is 14.4 Å². The Balaban J connectivity index is 2.18. The fourth-order valence-electron chi connectivity index (χ4n) is 1.65. The summed E-state index contributed by atoms with van der Waals surface area (Å²) < 4.78 is 12.4. The van der Waals surface area contributed by atoms with Crippen LogP contribution >= 0.6 is 0 Å². The summed E-state index contributed by atoms with van der Waals surface area (Å²) in [6.07, 6.45) is 1.73. The van der Waals surface area contributed by atoms with Crippen LogP contribution < -0.4 is 5.46 Å². The molecule has 18 heavy (non-hydrogen) atoms. The summed E-state index contributed by atoms with van der Waals surface area (Å²) in [5.41, 5.74) is 0.147. The molecule has 98 valence electrons. The van der Waals surface area contributed by atoms with E-state index in [4.69, 9.17) is 14.4 Å². The SMILES string of the molecule is CC1(C)COB(c2cnn(C(=O)O)c2)OC1(C)C. The second kappa shape index (κ2) is 4.10. The van der Waals surface area contributed by atoms with Gasteiger partial charge in [-0.15, -0.1) is 0 Å². The first-order chi connectivity index (χ1) is 8.23. The first kappa shape index (κ1) is 13.1. The van der Waals surface area contributed by atoms with Crippen molar-refractivity contribution in [3.8, 4) is 0 Å². The Kier molecular flexibility index (Phi) is 2.99. The van der Waals surface area contributed by atoms with Crippen molar-refractivity contribution in [1.82, 2.24) is 9.78 Å². The molecule has 0 amide bonds. The molecule has 1 aromatic rings. The molecule has 0 unspecified atom stereocenters. The lowest BCUT2D eigenvalue weighted by atomic mass is 9.70. The fraction of sp³-hybridized carbons (Fsp3) is 0.636. The molecule has 6 nitrogen and oxygen atoms in total. The van der Waals surface area contributed by atoms with Gasteiger partial charge in [-0.2, -0.15) is 9.78 Å². The Labute approximate surface area is 106 Å². The standard InChI is InChI=1S/C11H17BN2O4/c1-10(2)7-17-12(18-11(10,3)4)8-5-13-14(6-8)9(15)16/h5-6H,7H2,1-4H3,(H,15,16). The van der Waals surface area contributed by atoms with Gasteiger partial charge in [0.1, 0.15) is 0 Å². The third-order valence-corrected chi connectivity index (χ3v) is 3.70. The molecule has 1 aliphatic rings. The van der Waals surface area contributed by atoms with Gasteiger partial charge in [0, 0.05) is 29.9 Å². The van der Waals surface area contributed by atoms with Crippen LogP contribution in [0.1, 0.15) is 27.7 Å². The van der Waals surface area contributed by atoms with Crippen LogP contribution in [-0.4, -0.2) is 40.3 Å². The van der Waals surface area contributed by atoms with Crippen molar-refractivity contribution < 1.29 is 19.2 Å². The summed E-state index contributed by atoms with van der Waals surface area (Å²) in [5, 5.41) is 12.5. The van der Waals surface area contributed by atoms with Crippen molar-refractivity contribution >= 4 is 18.7 Å². The minimum absolute atomic E-state index is 0.105. The predicted octanol–water partition coefficient (Wildman–Crippen LogP) is 0.956. The first-order valence-corrected chi connectivity index (χ1v) is 5.80. The van der Waals surface area contributed by atoms with E-state index in [1.54, 1.807) is 0 Å². The van der Waals surface area contributed by atoms with Gasteiger partial charge in [0.25, 0.3) is 0 Å². The average molecular weight is 252 g/mol. The molecule has 1 aliphatic heterocycles. The highest BCUT2D eigenvalue weighted by Crippen LogP contribution is 2.37. The van der Waals surface area contributed by atoms with Crippen molar-refractivity contribution in [1.29, 1.82) is 0 Å². The molecule has 0 saturated carbocycles. The summed E-state index contributed by atoms with van der Waals surface area (Å²) in [6.45, 7) is 8.70. The summed E-state index contributed by atoms with van der Waals surface area (Å²) in [7, 11) is -0.568. The number of carbonyl (C=O) groups is 1. The average Bonchev–Trinajstić information content (AvgIpc) is 2.71. The van der Waals surface area contributed by atoms with Crippen LogP contribution in [0.4, 0.5) is 4.79 Å². The predicted molar refractivity (Wildman–Crippen MR) is 65.9 cm³/mol. The molecule has 0 atom stereocenters. The lowest BCUT2D eigenvalue weighted by Crippen LogP contribution is -2.58. The summed E-state index contributed by atoms with van der Waals surface area (Å²) in [6, 6.07) is 0. The minimum Gasteiger partial charge on any atom is -0.463 e. The van der Waals surface area contributed by atoms with Crippen molar-refractivity contribution in [2.75, 3.05) is 6.61 Å². The molecule has 0 spiro atoms. The second-order valence-electron chi connectivity index (χ2n) is 5.66. The van der Waals surface area contributed by atoms with E-state index in [0.717, 1.165) is 4.68 Å². The molecule has 2 heterocycles. The Hall–Kier alpha value is -1.34. The number of hydrogen-bond donors (Lipinski definition) is 1. The molecule has 0 radical (unpaired) electrons. The van der Waals surface area contributed by atoms with E-state index in [9.17, 15) is 4.79 Å². The van der Waals surface area contributed by atoms with Crippen LogP contribution in [0.2, 0.25) is 0 Å². The van der Waals surface area contributed by atoms with Gasteiger partial charge in [-0.1, -0.05) is 13.8 Å². The normalized spacial score (nSPS) is 21.9. The van der Waals surface area contributed by atoms with E-state index in [0.29, 0.717) is 12.1 Å². The molecule has 0 aromatic carbocycles. The van der Waals surface area contributed by atoms with Gasteiger partial charge in [-0.25, -0.2) is 4.79 Å². The van der Waals surface area contributed by atoms with E-state index < -0.39 is 13.2 Å². The molecule has 0 aliphatic carbocycles. The van der Waals surface area contributed by atoms with E-state index in [1.807, 2.05) is 13.8 Å². The number of aromatic nitrogens is 2. The van der Waals surface area contributed by atoms with Gasteiger partial charge in [0.05, 0.1) is 5.60 Å². The van der Waals surface area contributed by atoms with Gasteiger partial charge in [0.2, 0.25) is 0 Å². The van der Waals surface area contributed by atoms with Crippen LogP contribution in [0.15, 0.2) is 12.4 Å². The Morgan fingerprint density at radius 3 is 2.67 bits per heavy atom. The molecule has 2 rings (SSSR count). The third-order valence-electron chi connectivity index (χ3n) is 3.70. The Morgan fingerprint density at radius 2 is 2.17 bits per heavy atom. The summed E-state index contributed by atoms with van der Waals surface area (Å²) in [4.78, 5) is 10.7. The van der Waals surface area contributed by atoms with E-state index in [2.05, 4.69) is 18.9 Å². The third kappa shape index (κ3) is 2.15. The van der Waals surface area contributed by atoms with E-state index >= 15 is 0 Å². The smallest absolute Gasteiger partial charge is 0.463 e. The fourth-order valence-corrected chi connectivity index (χ4v) is 1.65. The maximum Gasteiger partial charge on any atom is 0.497 e. The quantitative estimate of drug-likeness (QED) is 0.753. The molecule has 1 fully saturated rings. The zero-order valence-corrected chi connectivity index (χ0v) is 11.0. The van der Waals surface area contributed by atoms with Crippen molar-refractivity contribution in [3.05, 3.63) is 12.4 Å². The molecule has 7 heteroatoms. The second-order valence-corrected chi connectivity index (χ2v) is 5.66. The van der Waals surface area contributed by atoms with Crippen molar-refractivity contribution in [3.63, 3.8) is 0 Å². The highest BCUT2D eigenvalue weighted by Gasteiger charge is 2.47. The van der Waals surface area contributed by atoms with Crippen LogP contribution in [0.25, 0.3) is 0 Å². The highest BCUT2D eigenvalue weighted by molar-refractivity contribution is 6.61. The molecule has 1 N–H and O–H groups in total. The summed E-state index contributed by atoms with van der Waals surface area (Å²) in [5.74, 6) is 0. The summed E-state index contributed by atoms with van der Waals surface area (Å²) >= 11 is 0. The van der Waals surface area contributed by atoms with Crippen LogP contribution in [0.3, 0.4) is 0 Å². The highest BCUT2D eigenvalue weighted by atomic mass is 16.6. The van der Waals surface area contributed by atoms with E-state index in [1.165, 1.54) is 12.4 Å². The zero-order chi connectivity index (χ0) is 13.6. The van der Waals surface area contributed by atoms with Gasteiger partial charge in [0.15, 0.2) is 0 Å². The van der Waals surface area contributed by atoms with Crippen LogP contribution in [0.5, 0.6) is 0 Å². The monoisotopic (exact) mass is 252 g/mol. The van der Waals surface area contributed by atoms with Crippen LogP contribution in [0, 0.1) is 5.41 Å². The van der Waals surface area contributed by atoms with E-state index in [-0.39, 0.29) is 11.0 Å². The Bertz CT molecular complexity index is 469. The number of hydrogen-bond acceptors (Lipinski definition) is 4. The number of rotatable bonds is 1. The topological polar surface area (TPSA) is 73.6 Å². The molecule has 1 aromatic heterocycles. The molecule has 0 bridgehead atoms. The molecular formula is C11H17BN2O4. The van der Waals surface area contributed by atoms with Gasteiger partial charge in [-0.05, 0) is 13.8 Å². The number of nitrogens with zero attached hydrogens (tertiary/aromatic N) is 2. The minimum atomic E-state index is -1.13. The van der Waals surface area contributed by atoms with Gasteiger partial charge >= 0.3 is 13.2 Å². The van der Waals surface area contributed by atoms with Crippen molar-refractivity contribution in [2.45, 2.75) is 33.3 Å². The maximum absolute atomic E-state index is 10.7.